The number of hydrogen-bond acceptors (Lipinski definition) is 1. The predicted molar refractivity (Wildman–Crippen MR) is 86.4 cm³/mol. The van der Waals surface area contributed by atoms with Gasteiger partial charge in [0.05, 0.1) is 5.69 Å². The maximum atomic E-state index is 4.67. The lowest BCUT2D eigenvalue weighted by atomic mass is 10.1. The van der Waals surface area contributed by atoms with Crippen LogP contribution in [0.5, 0.6) is 0 Å². The minimum Gasteiger partial charge on any atom is -0.239 e. The molecule has 0 atom stereocenters. The summed E-state index contributed by atoms with van der Waals surface area (Å²) >= 11 is 0. The van der Waals surface area contributed by atoms with Crippen LogP contribution in [0.1, 0.15) is 31.7 Å². The third kappa shape index (κ3) is 4.40. The fourth-order valence-electron chi connectivity index (χ4n) is 1.80. The number of unbranched alkanes of at least 4 members (excludes halogenated alkanes) is 2. The Morgan fingerprint density at radius 3 is 2.25 bits per heavy atom. The lowest BCUT2D eigenvalue weighted by molar-refractivity contribution is 0.828. The highest BCUT2D eigenvalue weighted by Crippen LogP contribution is 2.13. The molecule has 1 nitrogen and oxygen atoms in total. The second-order valence-corrected chi connectivity index (χ2v) is 4.57. The normalized spacial score (nSPS) is 10.8. The number of rotatable bonds is 4. The first-order valence-corrected chi connectivity index (χ1v) is 7.08. The smallest absolute Gasteiger partial charge is 0.121 e. The predicted octanol–water partition coefficient (Wildman–Crippen LogP) is 5.00. The van der Waals surface area contributed by atoms with Gasteiger partial charge >= 0.3 is 0 Å². The molecule has 2 aromatic carbocycles. The molecule has 0 aliphatic carbocycles. The summed E-state index contributed by atoms with van der Waals surface area (Å²) < 4.78 is 0. The summed E-state index contributed by atoms with van der Waals surface area (Å²) in [7, 11) is 0. The van der Waals surface area contributed by atoms with Crippen LogP contribution in [0.2, 0.25) is 0 Å². The van der Waals surface area contributed by atoms with E-state index in [0.717, 1.165) is 29.8 Å². The number of aliphatic imine (C=N–C) groups is 1. The van der Waals surface area contributed by atoms with Gasteiger partial charge in [0, 0.05) is 12.0 Å². The molecule has 0 bridgehead atoms. The van der Waals surface area contributed by atoms with E-state index >= 15 is 0 Å². The summed E-state index contributed by atoms with van der Waals surface area (Å²) in [6.07, 6.45) is 3.24. The summed E-state index contributed by atoms with van der Waals surface area (Å²) in [5, 5.41) is 0. The van der Waals surface area contributed by atoms with Gasteiger partial charge in [-0.05, 0) is 24.5 Å². The van der Waals surface area contributed by atoms with E-state index in [2.05, 4.69) is 35.9 Å². The zero-order valence-corrected chi connectivity index (χ0v) is 11.8. The van der Waals surface area contributed by atoms with Crippen LogP contribution < -0.4 is 0 Å². The molecule has 0 radical (unpaired) electrons. The molecule has 0 unspecified atom stereocenters. The number of para-hydroxylation sites is 1. The molecule has 0 fully saturated rings. The van der Waals surface area contributed by atoms with Crippen molar-refractivity contribution in [2.45, 2.75) is 26.2 Å². The molecular weight excluding hydrogens is 242 g/mol. The van der Waals surface area contributed by atoms with Crippen LogP contribution in [0, 0.1) is 11.8 Å². The van der Waals surface area contributed by atoms with Crippen LogP contribution in [-0.2, 0) is 0 Å². The van der Waals surface area contributed by atoms with E-state index in [4.69, 9.17) is 0 Å². The van der Waals surface area contributed by atoms with Gasteiger partial charge < -0.3 is 0 Å². The van der Waals surface area contributed by atoms with Crippen LogP contribution in [0.4, 0.5) is 5.69 Å². The van der Waals surface area contributed by atoms with Crippen molar-refractivity contribution in [2.75, 3.05) is 0 Å². The van der Waals surface area contributed by atoms with Gasteiger partial charge in [0.1, 0.15) is 5.71 Å². The van der Waals surface area contributed by atoms with Crippen LogP contribution >= 0.6 is 0 Å². The summed E-state index contributed by atoms with van der Waals surface area (Å²) in [4.78, 5) is 4.67. The van der Waals surface area contributed by atoms with Crippen molar-refractivity contribution in [1.82, 2.24) is 0 Å². The molecule has 0 spiro atoms. The Morgan fingerprint density at radius 1 is 0.950 bits per heavy atom. The molecule has 0 aliphatic rings. The first-order chi connectivity index (χ1) is 9.90. The molecule has 0 aromatic heterocycles. The van der Waals surface area contributed by atoms with Crippen molar-refractivity contribution in [3.05, 3.63) is 66.2 Å². The van der Waals surface area contributed by atoms with Gasteiger partial charge in [-0.15, -0.1) is 0 Å². The molecule has 0 heterocycles. The minimum atomic E-state index is 0.841. The van der Waals surface area contributed by atoms with Gasteiger partial charge in [0.2, 0.25) is 0 Å². The Morgan fingerprint density at radius 2 is 1.60 bits per heavy atom. The van der Waals surface area contributed by atoms with E-state index in [1.807, 2.05) is 48.5 Å². The molecule has 0 aliphatic heterocycles. The Hall–Kier alpha value is -2.33. The molecule has 0 N–H and O–H groups in total. The topological polar surface area (TPSA) is 12.4 Å². The number of hydrogen-bond donors (Lipinski definition) is 0. The van der Waals surface area contributed by atoms with Crippen molar-refractivity contribution in [1.29, 1.82) is 0 Å². The fraction of sp³-hybridized carbons (Fsp3) is 0.211. The number of benzene rings is 2. The Bertz CT molecular complexity index is 600. The van der Waals surface area contributed by atoms with Gasteiger partial charge in [0.15, 0.2) is 0 Å². The van der Waals surface area contributed by atoms with Gasteiger partial charge in [-0.1, -0.05) is 67.8 Å². The molecule has 1 heteroatoms. The maximum absolute atomic E-state index is 4.67. The molecule has 20 heavy (non-hydrogen) atoms. The van der Waals surface area contributed by atoms with E-state index in [0.29, 0.717) is 0 Å². The van der Waals surface area contributed by atoms with Gasteiger partial charge in [-0.2, -0.15) is 0 Å². The van der Waals surface area contributed by atoms with Gasteiger partial charge in [0.25, 0.3) is 0 Å². The molecule has 0 saturated heterocycles. The highest BCUT2D eigenvalue weighted by molar-refractivity contribution is 6.14. The molecule has 0 amide bonds. The average Bonchev–Trinajstić information content (AvgIpc) is 2.52. The molecular formula is C19H19N. The second-order valence-electron chi connectivity index (χ2n) is 4.57. The van der Waals surface area contributed by atoms with Crippen LogP contribution in [0.3, 0.4) is 0 Å². The van der Waals surface area contributed by atoms with Crippen molar-refractivity contribution < 1.29 is 0 Å². The zero-order valence-electron chi connectivity index (χ0n) is 11.8. The summed E-state index contributed by atoms with van der Waals surface area (Å²) in [5.41, 5.74) is 2.85. The second kappa shape index (κ2) is 7.96. The summed E-state index contributed by atoms with van der Waals surface area (Å²) in [6.45, 7) is 2.18. The third-order valence-electron chi connectivity index (χ3n) is 2.91. The first kappa shape index (κ1) is 14.1. The Balaban J connectivity index is 2.29. The lowest BCUT2D eigenvalue weighted by Crippen LogP contribution is -1.96. The van der Waals surface area contributed by atoms with Crippen molar-refractivity contribution in [2.24, 2.45) is 4.99 Å². The fourth-order valence-corrected chi connectivity index (χ4v) is 1.80. The monoisotopic (exact) mass is 261 g/mol. The van der Waals surface area contributed by atoms with Gasteiger partial charge in [-0.3, -0.25) is 0 Å². The van der Waals surface area contributed by atoms with Crippen LogP contribution in [0.25, 0.3) is 0 Å². The highest BCUT2D eigenvalue weighted by Gasteiger charge is 1.99. The molecule has 2 aromatic rings. The SMILES string of the molecule is CCCCC#CC(=Nc1ccccc1)c1ccccc1. The van der Waals surface area contributed by atoms with E-state index in [1.54, 1.807) is 0 Å². The first-order valence-electron chi connectivity index (χ1n) is 7.08. The van der Waals surface area contributed by atoms with Crippen LogP contribution in [0.15, 0.2) is 65.7 Å². The van der Waals surface area contributed by atoms with E-state index in [1.165, 1.54) is 6.42 Å². The lowest BCUT2D eigenvalue weighted by Gasteiger charge is -2.00. The summed E-state index contributed by atoms with van der Waals surface area (Å²) in [6, 6.07) is 20.1. The van der Waals surface area contributed by atoms with Crippen molar-refractivity contribution in [3.8, 4) is 11.8 Å². The Labute approximate surface area is 121 Å². The molecule has 2 rings (SSSR count). The minimum absolute atomic E-state index is 0.841. The summed E-state index contributed by atoms with van der Waals surface area (Å²) in [5.74, 6) is 6.44. The quantitative estimate of drug-likeness (QED) is 0.417. The third-order valence-corrected chi connectivity index (χ3v) is 2.91. The zero-order chi connectivity index (χ0) is 14.0. The molecule has 100 valence electrons. The largest absolute Gasteiger partial charge is 0.239 e. The van der Waals surface area contributed by atoms with E-state index < -0.39 is 0 Å². The maximum Gasteiger partial charge on any atom is 0.121 e. The van der Waals surface area contributed by atoms with Gasteiger partial charge in [-0.25, -0.2) is 4.99 Å². The molecule has 0 saturated carbocycles. The van der Waals surface area contributed by atoms with Crippen LogP contribution in [-0.4, -0.2) is 5.71 Å². The van der Waals surface area contributed by atoms with Crippen molar-refractivity contribution >= 4 is 11.4 Å². The Kier molecular flexibility index (Phi) is 5.61. The standard InChI is InChI=1S/C19H19N/c1-2-3-4-11-16-19(17-12-7-5-8-13-17)20-18-14-9-6-10-15-18/h5-10,12-15H,2-4H2,1H3. The number of nitrogens with zero attached hydrogens (tertiary/aromatic N) is 1. The van der Waals surface area contributed by atoms with Crippen molar-refractivity contribution in [3.63, 3.8) is 0 Å². The average molecular weight is 261 g/mol. The highest BCUT2D eigenvalue weighted by atomic mass is 14.7. The van der Waals surface area contributed by atoms with E-state index in [9.17, 15) is 0 Å². The van der Waals surface area contributed by atoms with E-state index in [-0.39, 0.29) is 0 Å².